The van der Waals surface area contributed by atoms with Crippen LogP contribution in [-0.2, 0) is 6.18 Å². The Morgan fingerprint density at radius 3 is 2.37 bits per heavy atom. The van der Waals surface area contributed by atoms with Gasteiger partial charge in [-0.1, -0.05) is 35.3 Å². The van der Waals surface area contributed by atoms with E-state index in [0.717, 1.165) is 6.07 Å². The third kappa shape index (κ3) is 5.24. The van der Waals surface area contributed by atoms with Crippen LogP contribution in [0.4, 0.5) is 24.5 Å². The normalized spacial score (nSPS) is 11.1. The Bertz CT molecular complexity index is 876. The van der Waals surface area contributed by atoms with Crippen LogP contribution in [0, 0.1) is 10.1 Å². The summed E-state index contributed by atoms with van der Waals surface area (Å²) in [4.78, 5) is 22.1. The molecule has 27 heavy (non-hydrogen) atoms. The smallest absolute Gasteiger partial charge is 0.378 e. The lowest BCUT2D eigenvalue weighted by Gasteiger charge is -2.13. The molecule has 6 nitrogen and oxygen atoms in total. The molecule has 0 aromatic heterocycles. The third-order valence-electron chi connectivity index (χ3n) is 3.43. The molecule has 0 saturated heterocycles. The first-order valence-corrected chi connectivity index (χ1v) is 8.18. The van der Waals surface area contributed by atoms with Crippen LogP contribution in [0.1, 0.15) is 15.9 Å². The summed E-state index contributed by atoms with van der Waals surface area (Å²) in [6, 6.07) is 7.56. The second-order valence-corrected chi connectivity index (χ2v) is 6.08. The van der Waals surface area contributed by atoms with Gasteiger partial charge < -0.3 is 10.6 Å². The fourth-order valence-corrected chi connectivity index (χ4v) is 2.68. The van der Waals surface area contributed by atoms with Crippen molar-refractivity contribution < 1.29 is 22.9 Å². The molecular weight excluding hydrogens is 410 g/mol. The monoisotopic (exact) mass is 421 g/mol. The number of hydrogen-bond acceptors (Lipinski definition) is 4. The van der Waals surface area contributed by atoms with Crippen molar-refractivity contribution in [1.29, 1.82) is 0 Å². The zero-order valence-electron chi connectivity index (χ0n) is 13.4. The fraction of sp³-hybridized carbons (Fsp3) is 0.188. The van der Waals surface area contributed by atoms with Gasteiger partial charge in [-0.15, -0.1) is 0 Å². The predicted molar refractivity (Wildman–Crippen MR) is 95.4 cm³/mol. The van der Waals surface area contributed by atoms with E-state index in [9.17, 15) is 28.1 Å². The highest BCUT2D eigenvalue weighted by atomic mass is 35.5. The van der Waals surface area contributed by atoms with Gasteiger partial charge in [-0.25, -0.2) is 0 Å². The van der Waals surface area contributed by atoms with Crippen molar-refractivity contribution in [3.63, 3.8) is 0 Å². The summed E-state index contributed by atoms with van der Waals surface area (Å²) in [6.07, 6.45) is -4.82. The Balaban J connectivity index is 2.05. The maximum atomic E-state index is 12.8. The molecule has 0 spiro atoms. The summed E-state index contributed by atoms with van der Waals surface area (Å²) >= 11 is 11.5. The van der Waals surface area contributed by atoms with E-state index >= 15 is 0 Å². The second kappa shape index (κ2) is 8.45. The molecule has 0 aliphatic heterocycles. The average Bonchev–Trinajstić information content (AvgIpc) is 2.57. The van der Waals surface area contributed by atoms with Gasteiger partial charge in [0.2, 0.25) is 0 Å². The molecule has 0 unspecified atom stereocenters. The largest absolute Gasteiger partial charge is 0.418 e. The summed E-state index contributed by atoms with van der Waals surface area (Å²) in [5, 5.41) is 15.8. The van der Waals surface area contributed by atoms with Crippen molar-refractivity contribution in [3.8, 4) is 0 Å². The van der Waals surface area contributed by atoms with Crippen LogP contribution in [0.2, 0.25) is 10.0 Å². The topological polar surface area (TPSA) is 84.3 Å². The van der Waals surface area contributed by atoms with Crippen molar-refractivity contribution in [2.75, 3.05) is 18.4 Å². The molecule has 0 aliphatic rings. The SMILES string of the molecule is O=C(NCCNc1cc(Cl)c(C(F)(F)F)cc1[N+](=O)[O-])c1ccccc1Cl. The first-order chi connectivity index (χ1) is 12.6. The number of hydrogen-bond donors (Lipinski definition) is 2. The van der Waals surface area contributed by atoms with Crippen molar-refractivity contribution >= 4 is 40.5 Å². The minimum atomic E-state index is -4.82. The van der Waals surface area contributed by atoms with Crippen molar-refractivity contribution in [2.24, 2.45) is 0 Å². The number of carbonyl (C=O) groups is 1. The summed E-state index contributed by atoms with van der Waals surface area (Å²) in [5.41, 5.74) is -2.01. The third-order valence-corrected chi connectivity index (χ3v) is 4.07. The molecule has 0 bridgehead atoms. The molecular formula is C16H12Cl2F3N3O3. The van der Waals surface area contributed by atoms with Crippen LogP contribution < -0.4 is 10.6 Å². The number of anilines is 1. The maximum Gasteiger partial charge on any atom is 0.418 e. The molecule has 144 valence electrons. The van der Waals surface area contributed by atoms with Gasteiger partial charge in [-0.05, 0) is 18.2 Å². The number of carbonyl (C=O) groups excluding carboxylic acids is 1. The fourth-order valence-electron chi connectivity index (χ4n) is 2.19. The lowest BCUT2D eigenvalue weighted by molar-refractivity contribution is -0.384. The average molecular weight is 422 g/mol. The maximum absolute atomic E-state index is 12.8. The Labute approximate surface area is 161 Å². The second-order valence-electron chi connectivity index (χ2n) is 5.27. The molecule has 11 heteroatoms. The van der Waals surface area contributed by atoms with E-state index in [0.29, 0.717) is 6.07 Å². The quantitative estimate of drug-likeness (QED) is 0.400. The molecule has 2 aromatic rings. The first kappa shape index (κ1) is 20.8. The number of rotatable bonds is 6. The molecule has 0 saturated carbocycles. The summed E-state index contributed by atoms with van der Waals surface area (Å²) in [6.45, 7) is 0.0541. The lowest BCUT2D eigenvalue weighted by Crippen LogP contribution is -2.29. The van der Waals surface area contributed by atoms with E-state index in [-0.39, 0.29) is 29.4 Å². The van der Waals surface area contributed by atoms with Gasteiger partial charge in [0, 0.05) is 19.2 Å². The molecule has 0 fully saturated rings. The van der Waals surface area contributed by atoms with E-state index in [4.69, 9.17) is 23.2 Å². The van der Waals surface area contributed by atoms with Gasteiger partial charge >= 0.3 is 6.18 Å². The number of nitrogens with zero attached hydrogens (tertiary/aromatic N) is 1. The van der Waals surface area contributed by atoms with Gasteiger partial charge in [-0.3, -0.25) is 14.9 Å². The van der Waals surface area contributed by atoms with E-state index in [1.165, 1.54) is 6.07 Å². The molecule has 0 heterocycles. The standard InChI is InChI=1S/C16H12Cl2F3N3O3/c17-11-4-2-1-3-9(11)15(25)23-6-5-22-13-8-12(18)10(16(19,20)21)7-14(13)24(26)27/h1-4,7-8,22H,5-6H2,(H,23,25). The van der Waals surface area contributed by atoms with Crippen LogP contribution in [0.5, 0.6) is 0 Å². The van der Waals surface area contributed by atoms with Crippen molar-refractivity contribution in [1.82, 2.24) is 5.32 Å². The zero-order valence-corrected chi connectivity index (χ0v) is 15.0. The highest BCUT2D eigenvalue weighted by molar-refractivity contribution is 6.33. The van der Waals surface area contributed by atoms with E-state index in [1.807, 2.05) is 0 Å². The Morgan fingerprint density at radius 1 is 1.11 bits per heavy atom. The summed E-state index contributed by atoms with van der Waals surface area (Å²) in [5.74, 6) is -0.456. The van der Waals surface area contributed by atoms with Crippen LogP contribution >= 0.6 is 23.2 Å². The lowest BCUT2D eigenvalue weighted by atomic mass is 10.1. The molecule has 1 amide bonds. The minimum Gasteiger partial charge on any atom is -0.378 e. The zero-order chi connectivity index (χ0) is 20.2. The van der Waals surface area contributed by atoms with Crippen LogP contribution in [0.25, 0.3) is 0 Å². The molecule has 2 aromatic carbocycles. The van der Waals surface area contributed by atoms with Gasteiger partial charge in [0.25, 0.3) is 11.6 Å². The van der Waals surface area contributed by atoms with Gasteiger partial charge in [0.1, 0.15) is 5.69 Å². The number of benzene rings is 2. The highest BCUT2D eigenvalue weighted by Gasteiger charge is 2.36. The molecule has 0 radical (unpaired) electrons. The minimum absolute atomic E-state index is 0.0126. The predicted octanol–water partition coefficient (Wildman–Crippen LogP) is 4.76. The van der Waals surface area contributed by atoms with Gasteiger partial charge in [0.05, 0.1) is 26.1 Å². The van der Waals surface area contributed by atoms with Gasteiger partial charge in [-0.2, -0.15) is 13.2 Å². The summed E-state index contributed by atoms with van der Waals surface area (Å²) < 4.78 is 38.5. The first-order valence-electron chi connectivity index (χ1n) is 7.43. The molecule has 0 atom stereocenters. The Kier molecular flexibility index (Phi) is 6.50. The number of amides is 1. The van der Waals surface area contributed by atoms with Crippen LogP contribution in [-0.4, -0.2) is 23.9 Å². The van der Waals surface area contributed by atoms with Crippen LogP contribution in [0.3, 0.4) is 0 Å². The molecule has 2 N–H and O–H groups in total. The van der Waals surface area contributed by atoms with Crippen molar-refractivity contribution in [3.05, 3.63) is 67.7 Å². The Morgan fingerprint density at radius 2 is 1.78 bits per heavy atom. The molecule has 2 rings (SSSR count). The van der Waals surface area contributed by atoms with E-state index < -0.39 is 33.3 Å². The van der Waals surface area contributed by atoms with Crippen LogP contribution in [0.15, 0.2) is 36.4 Å². The number of nitro groups is 1. The highest BCUT2D eigenvalue weighted by Crippen LogP contribution is 2.40. The number of nitrogens with one attached hydrogen (secondary N) is 2. The van der Waals surface area contributed by atoms with Crippen molar-refractivity contribution in [2.45, 2.75) is 6.18 Å². The summed E-state index contributed by atoms with van der Waals surface area (Å²) in [7, 11) is 0. The molecule has 0 aliphatic carbocycles. The number of alkyl halides is 3. The Hall–Kier alpha value is -2.52. The number of nitro benzene ring substituents is 1. The number of halogens is 5. The van der Waals surface area contributed by atoms with E-state index in [2.05, 4.69) is 10.6 Å². The van der Waals surface area contributed by atoms with E-state index in [1.54, 1.807) is 18.2 Å². The van der Waals surface area contributed by atoms with Gasteiger partial charge in [0.15, 0.2) is 0 Å².